The van der Waals surface area contributed by atoms with E-state index in [1.165, 1.54) is 0 Å². The van der Waals surface area contributed by atoms with Crippen molar-refractivity contribution < 1.29 is 9.53 Å². The quantitative estimate of drug-likeness (QED) is 0.380. The Kier molecular flexibility index (Phi) is 4.22. The van der Waals surface area contributed by atoms with Gasteiger partial charge in [0.25, 0.3) is 0 Å². The van der Waals surface area contributed by atoms with Crippen LogP contribution in [0.25, 0.3) is 10.4 Å². The maximum absolute atomic E-state index is 11.4. The lowest BCUT2D eigenvalue weighted by molar-refractivity contribution is -0.128. The first-order valence-electron chi connectivity index (χ1n) is 4.55. The highest BCUT2D eigenvalue weighted by Crippen LogP contribution is 2.16. The van der Waals surface area contributed by atoms with Gasteiger partial charge in [-0.1, -0.05) is 5.11 Å². The van der Waals surface area contributed by atoms with Gasteiger partial charge in [-0.15, -0.1) is 0 Å². The molecule has 78 valence electrons. The lowest BCUT2D eigenvalue weighted by Gasteiger charge is -2.14. The number of likely N-dealkylation sites (tertiary alicyclic amines) is 1. The van der Waals surface area contributed by atoms with Crippen LogP contribution in [-0.2, 0) is 9.53 Å². The van der Waals surface area contributed by atoms with Crippen molar-refractivity contribution in [2.75, 3.05) is 33.4 Å². The molecule has 0 N–H and O–H groups in total. The second-order valence-electron chi connectivity index (χ2n) is 3.34. The number of carbonyl (C=O) groups excluding carboxylic acids is 1. The molecule has 0 aliphatic carbocycles. The van der Waals surface area contributed by atoms with Crippen LogP contribution < -0.4 is 0 Å². The Morgan fingerprint density at radius 3 is 3.21 bits per heavy atom. The average molecular weight is 198 g/mol. The fourth-order valence-electron chi connectivity index (χ4n) is 1.62. The largest absolute Gasteiger partial charge is 0.384 e. The van der Waals surface area contributed by atoms with E-state index in [0.29, 0.717) is 19.1 Å². The van der Waals surface area contributed by atoms with Gasteiger partial charge in [0, 0.05) is 31.0 Å². The van der Waals surface area contributed by atoms with Crippen LogP contribution in [0, 0.1) is 5.92 Å². The van der Waals surface area contributed by atoms with Crippen LogP contribution in [0.1, 0.15) is 6.42 Å². The van der Waals surface area contributed by atoms with Crippen molar-refractivity contribution >= 4 is 5.91 Å². The van der Waals surface area contributed by atoms with E-state index >= 15 is 0 Å². The smallest absolute Gasteiger partial charge is 0.228 e. The molecule has 6 heteroatoms. The van der Waals surface area contributed by atoms with Crippen molar-refractivity contribution in [1.29, 1.82) is 0 Å². The van der Waals surface area contributed by atoms with Gasteiger partial charge in [-0.05, 0) is 12.0 Å². The van der Waals surface area contributed by atoms with Gasteiger partial charge in [-0.3, -0.25) is 4.79 Å². The first-order valence-corrected chi connectivity index (χ1v) is 4.55. The molecule has 0 spiro atoms. The number of azide groups is 1. The van der Waals surface area contributed by atoms with Gasteiger partial charge < -0.3 is 9.64 Å². The van der Waals surface area contributed by atoms with E-state index in [1.807, 2.05) is 0 Å². The molecule has 1 atom stereocenters. The molecule has 1 amide bonds. The van der Waals surface area contributed by atoms with Crippen molar-refractivity contribution in [3.63, 3.8) is 0 Å². The lowest BCUT2D eigenvalue weighted by atomic mass is 10.1. The molecule has 0 saturated carbocycles. The molecule has 1 rings (SSSR count). The van der Waals surface area contributed by atoms with Gasteiger partial charge >= 0.3 is 0 Å². The summed E-state index contributed by atoms with van der Waals surface area (Å²) < 4.78 is 5.02. The summed E-state index contributed by atoms with van der Waals surface area (Å²) in [5.74, 6) is 0.330. The molecule has 0 aromatic carbocycles. The minimum absolute atomic E-state index is 0.0732. The van der Waals surface area contributed by atoms with Crippen LogP contribution in [0.3, 0.4) is 0 Å². The lowest BCUT2D eigenvalue weighted by Crippen LogP contribution is -2.30. The predicted octanol–water partition coefficient (Wildman–Crippen LogP) is 0.792. The summed E-state index contributed by atoms with van der Waals surface area (Å²) >= 11 is 0. The van der Waals surface area contributed by atoms with Crippen LogP contribution in [0.15, 0.2) is 5.11 Å². The first-order chi connectivity index (χ1) is 6.77. The predicted molar refractivity (Wildman–Crippen MR) is 50.6 cm³/mol. The van der Waals surface area contributed by atoms with Gasteiger partial charge in [0.2, 0.25) is 5.91 Å². The van der Waals surface area contributed by atoms with Crippen LogP contribution in [0.4, 0.5) is 0 Å². The number of hydrogen-bond donors (Lipinski definition) is 0. The summed E-state index contributed by atoms with van der Waals surface area (Å²) in [4.78, 5) is 15.7. The first kappa shape index (κ1) is 10.8. The summed E-state index contributed by atoms with van der Waals surface area (Å²) in [6.07, 6.45) is 0.968. The molecule has 0 bridgehead atoms. The molecule has 1 unspecified atom stereocenters. The summed E-state index contributed by atoms with van der Waals surface area (Å²) in [6.45, 7) is 2.07. The Morgan fingerprint density at radius 2 is 2.57 bits per heavy atom. The van der Waals surface area contributed by atoms with E-state index in [4.69, 9.17) is 10.3 Å². The number of amides is 1. The third-order valence-electron chi connectivity index (χ3n) is 2.31. The van der Waals surface area contributed by atoms with E-state index in [9.17, 15) is 4.79 Å². The van der Waals surface area contributed by atoms with Gasteiger partial charge in [0.15, 0.2) is 0 Å². The van der Waals surface area contributed by atoms with Crippen molar-refractivity contribution in [1.82, 2.24) is 4.90 Å². The number of ether oxygens (including phenoxy) is 1. The van der Waals surface area contributed by atoms with Crippen LogP contribution in [-0.4, -0.2) is 44.2 Å². The summed E-state index contributed by atoms with van der Waals surface area (Å²) in [6, 6.07) is 0. The Hall–Kier alpha value is -1.26. The molecule has 6 nitrogen and oxygen atoms in total. The fraction of sp³-hybridized carbons (Fsp3) is 0.875. The monoisotopic (exact) mass is 198 g/mol. The summed E-state index contributed by atoms with van der Waals surface area (Å²) in [5.41, 5.74) is 8.06. The standard InChI is InChI=1S/C8H14N4O2/c1-14-6-7-2-3-12(5-7)8(13)4-10-11-9/h7H,2-6H2,1H3. The van der Waals surface area contributed by atoms with Crippen molar-refractivity contribution in [2.45, 2.75) is 6.42 Å². The van der Waals surface area contributed by atoms with E-state index < -0.39 is 0 Å². The molecule has 1 fully saturated rings. The molecule has 0 radical (unpaired) electrons. The van der Waals surface area contributed by atoms with Gasteiger partial charge in [0.1, 0.15) is 6.54 Å². The maximum Gasteiger partial charge on any atom is 0.228 e. The van der Waals surface area contributed by atoms with E-state index in [1.54, 1.807) is 12.0 Å². The molecule has 1 aliphatic rings. The molecule has 0 aromatic rings. The third-order valence-corrected chi connectivity index (χ3v) is 2.31. The Labute approximate surface area is 82.5 Å². The molecule has 1 saturated heterocycles. The maximum atomic E-state index is 11.4. The van der Waals surface area contributed by atoms with E-state index in [-0.39, 0.29) is 12.5 Å². The van der Waals surface area contributed by atoms with Crippen molar-refractivity contribution in [2.24, 2.45) is 11.0 Å². The fourth-order valence-corrected chi connectivity index (χ4v) is 1.62. The minimum Gasteiger partial charge on any atom is -0.384 e. The highest BCUT2D eigenvalue weighted by atomic mass is 16.5. The zero-order chi connectivity index (χ0) is 10.4. The Morgan fingerprint density at radius 1 is 1.79 bits per heavy atom. The number of nitrogens with zero attached hydrogens (tertiary/aromatic N) is 4. The zero-order valence-corrected chi connectivity index (χ0v) is 8.22. The number of carbonyl (C=O) groups is 1. The molecule has 1 aliphatic heterocycles. The summed E-state index contributed by atoms with van der Waals surface area (Å²) in [5, 5.41) is 3.25. The second-order valence-corrected chi connectivity index (χ2v) is 3.34. The third kappa shape index (κ3) is 2.90. The summed E-state index contributed by atoms with van der Waals surface area (Å²) in [7, 11) is 1.66. The average Bonchev–Trinajstić information content (AvgIpc) is 2.63. The van der Waals surface area contributed by atoms with Gasteiger partial charge in [-0.25, -0.2) is 0 Å². The van der Waals surface area contributed by atoms with E-state index in [0.717, 1.165) is 13.0 Å². The van der Waals surface area contributed by atoms with Gasteiger partial charge in [-0.2, -0.15) is 0 Å². The van der Waals surface area contributed by atoms with Gasteiger partial charge in [0.05, 0.1) is 6.61 Å². The Bertz CT molecular complexity index is 250. The molecule has 14 heavy (non-hydrogen) atoms. The van der Waals surface area contributed by atoms with Crippen molar-refractivity contribution in [3.8, 4) is 0 Å². The normalized spacial score (nSPS) is 20.6. The topological polar surface area (TPSA) is 78.3 Å². The number of rotatable bonds is 4. The Balaban J connectivity index is 2.33. The van der Waals surface area contributed by atoms with Crippen LogP contribution >= 0.6 is 0 Å². The van der Waals surface area contributed by atoms with Crippen LogP contribution in [0.5, 0.6) is 0 Å². The van der Waals surface area contributed by atoms with E-state index in [2.05, 4.69) is 10.0 Å². The minimum atomic E-state index is -0.0959. The molecule has 0 aromatic heterocycles. The zero-order valence-electron chi connectivity index (χ0n) is 8.22. The number of methoxy groups -OCH3 is 1. The number of hydrogen-bond acceptors (Lipinski definition) is 3. The molecular formula is C8H14N4O2. The molecular weight excluding hydrogens is 184 g/mol. The second kappa shape index (κ2) is 5.47. The SMILES string of the molecule is COCC1CCN(C(=O)CN=[N+]=[N-])C1. The molecule has 1 heterocycles. The van der Waals surface area contributed by atoms with Crippen molar-refractivity contribution in [3.05, 3.63) is 10.4 Å². The highest BCUT2D eigenvalue weighted by molar-refractivity contribution is 5.78. The van der Waals surface area contributed by atoms with Crippen LogP contribution in [0.2, 0.25) is 0 Å². The highest BCUT2D eigenvalue weighted by Gasteiger charge is 2.25.